The number of carbonyl (C=O) groups is 1. The van der Waals surface area contributed by atoms with Crippen molar-refractivity contribution in [3.8, 4) is 11.5 Å². The van der Waals surface area contributed by atoms with Crippen LogP contribution in [0.3, 0.4) is 0 Å². The van der Waals surface area contributed by atoms with Gasteiger partial charge in [-0.2, -0.15) is 0 Å². The van der Waals surface area contributed by atoms with E-state index in [0.717, 1.165) is 16.3 Å². The maximum absolute atomic E-state index is 13.0. The summed E-state index contributed by atoms with van der Waals surface area (Å²) in [5, 5.41) is 15.8. The molecule has 0 aliphatic carbocycles. The van der Waals surface area contributed by atoms with Crippen molar-refractivity contribution in [2.75, 3.05) is 5.32 Å². The van der Waals surface area contributed by atoms with E-state index in [4.69, 9.17) is 4.74 Å². The largest absolute Gasteiger partial charge is 0.506 e. The van der Waals surface area contributed by atoms with Gasteiger partial charge in [0.15, 0.2) is 0 Å². The lowest BCUT2D eigenvalue weighted by atomic mass is 9.90. The highest BCUT2D eigenvalue weighted by molar-refractivity contribution is 5.87. The van der Waals surface area contributed by atoms with Crippen LogP contribution >= 0.6 is 0 Å². The highest BCUT2D eigenvalue weighted by Crippen LogP contribution is 2.35. The standard InChI is InChI=1S/C26H23NO3/c1-18(26(29)30-20-12-3-2-4-13-20)25(27-23-16-7-8-17-24(23)28)22-15-9-11-19-10-5-6-14-21(19)22/h2-18,25,27-28H,1H3/t18-,25+/m1/s1. The maximum atomic E-state index is 13.0. The molecule has 0 saturated heterocycles. The van der Waals surface area contributed by atoms with E-state index in [-0.39, 0.29) is 11.7 Å². The fraction of sp³-hybridized carbons (Fsp3) is 0.115. The molecule has 0 heterocycles. The highest BCUT2D eigenvalue weighted by atomic mass is 16.5. The van der Waals surface area contributed by atoms with Crippen LogP contribution in [0.5, 0.6) is 11.5 Å². The molecule has 4 heteroatoms. The molecule has 2 atom stereocenters. The number of para-hydroxylation sites is 3. The van der Waals surface area contributed by atoms with E-state index in [0.29, 0.717) is 11.4 Å². The molecule has 0 radical (unpaired) electrons. The third-order valence-electron chi connectivity index (χ3n) is 5.21. The number of hydrogen-bond donors (Lipinski definition) is 2. The van der Waals surface area contributed by atoms with Crippen LogP contribution in [0.1, 0.15) is 18.5 Å². The second-order valence-corrected chi connectivity index (χ2v) is 7.23. The summed E-state index contributed by atoms with van der Waals surface area (Å²) < 4.78 is 5.62. The molecular weight excluding hydrogens is 374 g/mol. The number of ether oxygens (including phenoxy) is 1. The normalized spacial score (nSPS) is 12.8. The zero-order chi connectivity index (χ0) is 20.9. The molecule has 0 aliphatic heterocycles. The van der Waals surface area contributed by atoms with E-state index < -0.39 is 12.0 Å². The van der Waals surface area contributed by atoms with Gasteiger partial charge in [-0.25, -0.2) is 0 Å². The molecule has 4 nitrogen and oxygen atoms in total. The van der Waals surface area contributed by atoms with E-state index in [1.54, 1.807) is 30.3 Å². The molecule has 4 aromatic carbocycles. The third-order valence-corrected chi connectivity index (χ3v) is 5.21. The number of fused-ring (bicyclic) bond motifs is 1. The van der Waals surface area contributed by atoms with Crippen LogP contribution in [0.2, 0.25) is 0 Å². The Labute approximate surface area is 175 Å². The summed E-state index contributed by atoms with van der Waals surface area (Å²) in [6.45, 7) is 1.84. The number of nitrogens with one attached hydrogen (secondary N) is 1. The van der Waals surface area contributed by atoms with Crippen molar-refractivity contribution in [2.24, 2.45) is 5.92 Å². The Bertz CT molecular complexity index is 1150. The molecule has 150 valence electrons. The molecule has 4 aromatic rings. The number of esters is 1. The van der Waals surface area contributed by atoms with Crippen LogP contribution in [-0.4, -0.2) is 11.1 Å². The number of phenolic OH excluding ortho intramolecular Hbond substituents is 1. The lowest BCUT2D eigenvalue weighted by molar-refractivity contribution is -0.138. The first-order valence-electron chi connectivity index (χ1n) is 9.92. The molecule has 0 saturated carbocycles. The SMILES string of the molecule is C[C@@H](C(=O)Oc1ccccc1)[C@H](Nc1ccccc1O)c1cccc2ccccc12. The maximum Gasteiger partial charge on any atom is 0.316 e. The van der Waals surface area contributed by atoms with Crippen LogP contribution in [0.25, 0.3) is 10.8 Å². The van der Waals surface area contributed by atoms with Gasteiger partial charge in [0.25, 0.3) is 0 Å². The molecule has 30 heavy (non-hydrogen) atoms. The summed E-state index contributed by atoms with van der Waals surface area (Å²) in [7, 11) is 0. The number of benzene rings is 4. The average Bonchev–Trinajstić information content (AvgIpc) is 2.78. The van der Waals surface area contributed by atoms with Gasteiger partial charge in [0.2, 0.25) is 0 Å². The Hall–Kier alpha value is -3.79. The van der Waals surface area contributed by atoms with Crippen LogP contribution in [-0.2, 0) is 4.79 Å². The Morgan fingerprint density at radius 3 is 2.30 bits per heavy atom. The Morgan fingerprint density at radius 1 is 0.833 bits per heavy atom. The topological polar surface area (TPSA) is 58.6 Å². The lowest BCUT2D eigenvalue weighted by Gasteiger charge is -2.27. The molecule has 2 N–H and O–H groups in total. The van der Waals surface area contributed by atoms with E-state index >= 15 is 0 Å². The van der Waals surface area contributed by atoms with Crippen molar-refractivity contribution in [3.05, 3.63) is 103 Å². The molecule has 0 fully saturated rings. The molecular formula is C26H23NO3. The zero-order valence-corrected chi connectivity index (χ0v) is 16.7. The third kappa shape index (κ3) is 4.13. The fourth-order valence-corrected chi connectivity index (χ4v) is 3.59. The first kappa shape index (κ1) is 19.5. The lowest BCUT2D eigenvalue weighted by Crippen LogP contribution is -2.29. The van der Waals surface area contributed by atoms with Crippen molar-refractivity contribution in [1.82, 2.24) is 0 Å². The number of hydrogen-bond acceptors (Lipinski definition) is 4. The number of carbonyl (C=O) groups excluding carboxylic acids is 1. The quantitative estimate of drug-likeness (QED) is 0.240. The smallest absolute Gasteiger partial charge is 0.316 e. The summed E-state index contributed by atoms with van der Waals surface area (Å²) in [5.74, 6) is -0.224. The summed E-state index contributed by atoms with van der Waals surface area (Å²) >= 11 is 0. The minimum absolute atomic E-state index is 0.131. The highest BCUT2D eigenvalue weighted by Gasteiger charge is 2.29. The van der Waals surface area contributed by atoms with Gasteiger partial charge in [-0.15, -0.1) is 0 Å². The van der Waals surface area contributed by atoms with Crippen molar-refractivity contribution in [2.45, 2.75) is 13.0 Å². The van der Waals surface area contributed by atoms with Crippen molar-refractivity contribution in [1.29, 1.82) is 0 Å². The number of aromatic hydroxyl groups is 1. The summed E-state index contributed by atoms with van der Waals surface area (Å²) in [6, 6.07) is 29.8. The summed E-state index contributed by atoms with van der Waals surface area (Å²) in [4.78, 5) is 13.0. The van der Waals surface area contributed by atoms with Gasteiger partial charge < -0.3 is 15.2 Å². The van der Waals surface area contributed by atoms with Crippen molar-refractivity contribution < 1.29 is 14.6 Å². The number of anilines is 1. The first-order valence-corrected chi connectivity index (χ1v) is 9.92. The van der Waals surface area contributed by atoms with Gasteiger partial charge in [0, 0.05) is 0 Å². The average molecular weight is 397 g/mol. The minimum atomic E-state index is -0.518. The van der Waals surface area contributed by atoms with Crippen LogP contribution in [0.4, 0.5) is 5.69 Å². The van der Waals surface area contributed by atoms with Gasteiger partial charge in [0.05, 0.1) is 17.6 Å². The summed E-state index contributed by atoms with van der Waals surface area (Å²) in [6.07, 6.45) is 0. The molecule has 0 amide bonds. The first-order chi connectivity index (χ1) is 14.6. The van der Waals surface area contributed by atoms with Gasteiger partial charge in [0.1, 0.15) is 11.5 Å². The molecule has 0 aliphatic rings. The number of rotatable bonds is 6. The summed E-state index contributed by atoms with van der Waals surface area (Å²) in [5.41, 5.74) is 1.53. The van der Waals surface area contributed by atoms with Crippen LogP contribution in [0, 0.1) is 5.92 Å². The molecule has 0 spiro atoms. The second kappa shape index (κ2) is 8.70. The van der Waals surface area contributed by atoms with Gasteiger partial charge in [-0.05, 0) is 47.5 Å². The minimum Gasteiger partial charge on any atom is -0.506 e. The van der Waals surface area contributed by atoms with Crippen LogP contribution < -0.4 is 10.1 Å². The predicted octanol–water partition coefficient (Wildman–Crippen LogP) is 5.94. The predicted molar refractivity (Wildman–Crippen MR) is 120 cm³/mol. The Balaban J connectivity index is 1.73. The van der Waals surface area contributed by atoms with Crippen molar-refractivity contribution in [3.63, 3.8) is 0 Å². The van der Waals surface area contributed by atoms with Gasteiger partial charge >= 0.3 is 5.97 Å². The molecule has 4 rings (SSSR count). The fourth-order valence-electron chi connectivity index (χ4n) is 3.59. The second-order valence-electron chi connectivity index (χ2n) is 7.23. The van der Waals surface area contributed by atoms with Crippen LogP contribution in [0.15, 0.2) is 97.1 Å². The van der Waals surface area contributed by atoms with E-state index in [1.165, 1.54) is 0 Å². The monoisotopic (exact) mass is 397 g/mol. The zero-order valence-electron chi connectivity index (χ0n) is 16.7. The van der Waals surface area contributed by atoms with Gasteiger partial charge in [-0.1, -0.05) is 72.8 Å². The van der Waals surface area contributed by atoms with E-state index in [2.05, 4.69) is 5.32 Å². The van der Waals surface area contributed by atoms with Crippen molar-refractivity contribution >= 4 is 22.4 Å². The molecule has 0 aromatic heterocycles. The Kier molecular flexibility index (Phi) is 5.66. The van der Waals surface area contributed by atoms with E-state index in [1.807, 2.05) is 73.7 Å². The Morgan fingerprint density at radius 2 is 1.50 bits per heavy atom. The number of phenols is 1. The van der Waals surface area contributed by atoms with E-state index in [9.17, 15) is 9.90 Å². The molecule has 0 unspecified atom stereocenters. The molecule has 0 bridgehead atoms. The van der Waals surface area contributed by atoms with Gasteiger partial charge in [-0.3, -0.25) is 4.79 Å².